The van der Waals surface area contributed by atoms with Crippen LogP contribution in [-0.2, 0) is 16.1 Å². The number of aryl methyl sites for hydroxylation is 1. The van der Waals surface area contributed by atoms with Gasteiger partial charge in [-0.25, -0.2) is 0 Å². The minimum absolute atomic E-state index is 0.178. The van der Waals surface area contributed by atoms with E-state index in [2.05, 4.69) is 21.2 Å². The van der Waals surface area contributed by atoms with Crippen molar-refractivity contribution in [3.63, 3.8) is 0 Å². The lowest BCUT2D eigenvalue weighted by molar-refractivity contribution is -0.143. The lowest BCUT2D eigenvalue weighted by Gasteiger charge is -2.33. The van der Waals surface area contributed by atoms with Gasteiger partial charge in [0.25, 0.3) is 5.91 Å². The maximum absolute atomic E-state index is 13.2. The summed E-state index contributed by atoms with van der Waals surface area (Å²) in [6.45, 7) is 9.81. The highest BCUT2D eigenvalue weighted by molar-refractivity contribution is 9.10. The first-order chi connectivity index (χ1) is 14.5. The average molecular weight is 510 g/mol. The van der Waals surface area contributed by atoms with E-state index in [0.717, 1.165) is 11.1 Å². The van der Waals surface area contributed by atoms with E-state index >= 15 is 0 Å². The zero-order valence-electron chi connectivity index (χ0n) is 18.7. The van der Waals surface area contributed by atoms with Gasteiger partial charge in [0, 0.05) is 17.1 Å². The summed E-state index contributed by atoms with van der Waals surface area (Å²) in [5.41, 5.74) is 1.69. The van der Waals surface area contributed by atoms with E-state index < -0.39 is 11.6 Å². The molecule has 5 nitrogen and oxygen atoms in total. The van der Waals surface area contributed by atoms with Crippen molar-refractivity contribution >= 4 is 39.3 Å². The lowest BCUT2D eigenvalue weighted by Crippen LogP contribution is -2.54. The van der Waals surface area contributed by atoms with Gasteiger partial charge in [-0.1, -0.05) is 48.4 Å². The molecule has 2 rings (SSSR count). The number of carbonyl (C=O) groups is 2. The number of halogens is 2. The molecule has 0 aromatic heterocycles. The molecule has 0 saturated heterocycles. The molecule has 2 aromatic carbocycles. The Labute approximate surface area is 198 Å². The predicted octanol–water partition coefficient (Wildman–Crippen LogP) is 5.51. The van der Waals surface area contributed by atoms with Crippen molar-refractivity contribution in [1.82, 2.24) is 10.2 Å². The van der Waals surface area contributed by atoms with Crippen molar-refractivity contribution in [3.05, 3.63) is 63.1 Å². The monoisotopic (exact) mass is 508 g/mol. The number of carbonyl (C=O) groups excluding carboxylic acids is 2. The largest absolute Gasteiger partial charge is 0.483 e. The predicted molar refractivity (Wildman–Crippen MR) is 128 cm³/mol. The third-order valence-electron chi connectivity index (χ3n) is 4.60. The Hall–Kier alpha value is -2.05. The quantitative estimate of drug-likeness (QED) is 0.510. The Morgan fingerprint density at radius 3 is 2.35 bits per heavy atom. The fourth-order valence-corrected chi connectivity index (χ4v) is 3.87. The highest BCUT2D eigenvalue weighted by atomic mass is 79.9. The second-order valence-corrected chi connectivity index (χ2v) is 9.82. The van der Waals surface area contributed by atoms with E-state index in [1.807, 2.05) is 58.9 Å². The van der Waals surface area contributed by atoms with Crippen LogP contribution >= 0.6 is 27.5 Å². The third-order valence-corrected chi connectivity index (χ3v) is 5.46. The first-order valence-electron chi connectivity index (χ1n) is 10.2. The number of hydrogen-bond acceptors (Lipinski definition) is 3. The molecule has 31 heavy (non-hydrogen) atoms. The Kier molecular flexibility index (Phi) is 8.95. The van der Waals surface area contributed by atoms with Crippen molar-refractivity contribution in [3.8, 4) is 5.75 Å². The lowest BCUT2D eigenvalue weighted by atomic mass is 10.1. The first kappa shape index (κ1) is 25.2. The molecule has 1 atom stereocenters. The topological polar surface area (TPSA) is 58.6 Å². The SMILES string of the molecule is CCC(C(=O)NC(C)(C)C)N(Cc1ccc(C)cc1)C(=O)COc1ccc(Cl)cc1Br. The number of amides is 2. The summed E-state index contributed by atoms with van der Waals surface area (Å²) in [6, 6.07) is 12.4. The minimum atomic E-state index is -0.606. The maximum atomic E-state index is 13.2. The summed E-state index contributed by atoms with van der Waals surface area (Å²) in [4.78, 5) is 27.8. The van der Waals surface area contributed by atoms with Crippen LogP contribution in [0.5, 0.6) is 5.75 Å². The molecule has 0 aliphatic carbocycles. The molecule has 0 saturated carbocycles. The van der Waals surface area contributed by atoms with Gasteiger partial charge in [-0.05, 0) is 73.8 Å². The summed E-state index contributed by atoms with van der Waals surface area (Å²) in [6.07, 6.45) is 0.490. The van der Waals surface area contributed by atoms with Crippen LogP contribution in [0.2, 0.25) is 5.02 Å². The molecule has 1 N–H and O–H groups in total. The number of ether oxygens (including phenoxy) is 1. The molecule has 0 radical (unpaired) electrons. The van der Waals surface area contributed by atoms with E-state index in [4.69, 9.17) is 16.3 Å². The van der Waals surface area contributed by atoms with Gasteiger partial charge in [0.05, 0.1) is 4.47 Å². The smallest absolute Gasteiger partial charge is 0.261 e. The van der Waals surface area contributed by atoms with Crippen LogP contribution in [0.4, 0.5) is 0 Å². The standard InChI is InChI=1S/C24H30BrClN2O3/c1-6-20(23(30)27-24(3,4)5)28(14-17-9-7-16(2)8-10-17)22(29)15-31-21-12-11-18(26)13-19(21)25/h7-13,20H,6,14-15H2,1-5H3,(H,27,30). The van der Waals surface area contributed by atoms with E-state index in [9.17, 15) is 9.59 Å². The Morgan fingerprint density at radius 1 is 1.16 bits per heavy atom. The van der Waals surface area contributed by atoms with Gasteiger partial charge >= 0.3 is 0 Å². The molecular formula is C24H30BrClN2O3. The van der Waals surface area contributed by atoms with Crippen molar-refractivity contribution in [2.24, 2.45) is 0 Å². The van der Waals surface area contributed by atoms with Gasteiger partial charge in [0.2, 0.25) is 5.91 Å². The summed E-state index contributed by atoms with van der Waals surface area (Å²) >= 11 is 9.37. The minimum Gasteiger partial charge on any atom is -0.483 e. The third kappa shape index (κ3) is 7.86. The van der Waals surface area contributed by atoms with Crippen LogP contribution in [-0.4, -0.2) is 34.9 Å². The fourth-order valence-electron chi connectivity index (χ4n) is 3.08. The van der Waals surface area contributed by atoms with Gasteiger partial charge in [-0.15, -0.1) is 0 Å². The van der Waals surface area contributed by atoms with E-state index in [1.165, 1.54) is 0 Å². The summed E-state index contributed by atoms with van der Waals surface area (Å²) < 4.78 is 6.40. The number of benzene rings is 2. The fraction of sp³-hybridized carbons (Fsp3) is 0.417. The maximum Gasteiger partial charge on any atom is 0.261 e. The van der Waals surface area contributed by atoms with Crippen LogP contribution in [0.1, 0.15) is 45.2 Å². The zero-order chi connectivity index (χ0) is 23.2. The van der Waals surface area contributed by atoms with Crippen LogP contribution in [0.15, 0.2) is 46.9 Å². The molecule has 2 amide bonds. The van der Waals surface area contributed by atoms with E-state index in [1.54, 1.807) is 23.1 Å². The van der Waals surface area contributed by atoms with Gasteiger partial charge in [0.15, 0.2) is 6.61 Å². The van der Waals surface area contributed by atoms with Gasteiger partial charge < -0.3 is 15.0 Å². The average Bonchev–Trinajstić information content (AvgIpc) is 2.67. The summed E-state index contributed by atoms with van der Waals surface area (Å²) in [5, 5.41) is 3.56. The molecule has 1 unspecified atom stereocenters. The molecule has 0 fully saturated rings. The van der Waals surface area contributed by atoms with Gasteiger partial charge in [0.1, 0.15) is 11.8 Å². The molecule has 0 heterocycles. The second kappa shape index (κ2) is 11.0. The Balaban J connectivity index is 2.24. The molecular weight excluding hydrogens is 480 g/mol. The van der Waals surface area contributed by atoms with Crippen molar-refractivity contribution in [1.29, 1.82) is 0 Å². The molecule has 0 bridgehead atoms. The van der Waals surface area contributed by atoms with Crippen LogP contribution < -0.4 is 10.1 Å². The molecule has 7 heteroatoms. The first-order valence-corrected chi connectivity index (χ1v) is 11.4. The number of nitrogens with one attached hydrogen (secondary N) is 1. The zero-order valence-corrected chi connectivity index (χ0v) is 21.0. The molecule has 0 spiro atoms. The van der Waals surface area contributed by atoms with Crippen LogP contribution in [0.25, 0.3) is 0 Å². The van der Waals surface area contributed by atoms with Gasteiger partial charge in [-0.3, -0.25) is 9.59 Å². The molecule has 0 aliphatic heterocycles. The van der Waals surface area contributed by atoms with Crippen LogP contribution in [0, 0.1) is 6.92 Å². The number of hydrogen-bond donors (Lipinski definition) is 1. The van der Waals surface area contributed by atoms with Crippen LogP contribution in [0.3, 0.4) is 0 Å². The van der Waals surface area contributed by atoms with Crippen molar-refractivity contribution < 1.29 is 14.3 Å². The molecule has 168 valence electrons. The van der Waals surface area contributed by atoms with Gasteiger partial charge in [-0.2, -0.15) is 0 Å². The second-order valence-electron chi connectivity index (χ2n) is 8.53. The molecule has 0 aliphatic rings. The highest BCUT2D eigenvalue weighted by Crippen LogP contribution is 2.28. The normalized spacial score (nSPS) is 12.2. The highest BCUT2D eigenvalue weighted by Gasteiger charge is 2.31. The van der Waals surface area contributed by atoms with E-state index in [-0.39, 0.29) is 18.4 Å². The Morgan fingerprint density at radius 2 is 1.81 bits per heavy atom. The number of nitrogens with zero attached hydrogens (tertiary/aromatic N) is 1. The molecule has 2 aromatic rings. The summed E-state index contributed by atoms with van der Waals surface area (Å²) in [5.74, 6) is 0.0710. The number of rotatable bonds is 8. The van der Waals surface area contributed by atoms with E-state index in [0.29, 0.717) is 28.2 Å². The Bertz CT molecular complexity index is 910. The summed E-state index contributed by atoms with van der Waals surface area (Å²) in [7, 11) is 0. The van der Waals surface area contributed by atoms with Crippen molar-refractivity contribution in [2.45, 2.75) is 59.2 Å². The van der Waals surface area contributed by atoms with Crippen molar-refractivity contribution in [2.75, 3.05) is 6.61 Å².